The molecule has 1 nitrogen and oxygen atoms in total. The van der Waals surface area contributed by atoms with E-state index in [-0.39, 0.29) is 0 Å². The summed E-state index contributed by atoms with van der Waals surface area (Å²) < 4.78 is 1.19. The molecule has 1 aromatic rings. The molecule has 1 rings (SSSR count). The number of halogens is 1. The van der Waals surface area contributed by atoms with Crippen LogP contribution in [0.15, 0.2) is 15.9 Å². The van der Waals surface area contributed by atoms with Crippen molar-refractivity contribution in [3.63, 3.8) is 0 Å². The summed E-state index contributed by atoms with van der Waals surface area (Å²) in [4.78, 5) is 1.39. The van der Waals surface area contributed by atoms with E-state index in [4.69, 9.17) is 0 Å². The topological polar surface area (TPSA) is 12.0 Å². The molecule has 15 heavy (non-hydrogen) atoms. The van der Waals surface area contributed by atoms with Gasteiger partial charge in [-0.05, 0) is 33.3 Å². The number of thiophene rings is 1. The van der Waals surface area contributed by atoms with Gasteiger partial charge in [-0.2, -0.15) is 0 Å². The third-order valence-electron chi connectivity index (χ3n) is 3.06. The van der Waals surface area contributed by atoms with Crippen molar-refractivity contribution < 1.29 is 0 Å². The van der Waals surface area contributed by atoms with Gasteiger partial charge in [-0.25, -0.2) is 0 Å². The van der Waals surface area contributed by atoms with Crippen LogP contribution in [-0.2, 0) is 6.54 Å². The van der Waals surface area contributed by atoms with Gasteiger partial charge in [0.25, 0.3) is 0 Å². The fraction of sp³-hybridized carbons (Fsp3) is 0.667. The van der Waals surface area contributed by atoms with E-state index in [2.05, 4.69) is 60.4 Å². The lowest BCUT2D eigenvalue weighted by Crippen LogP contribution is -2.32. The van der Waals surface area contributed by atoms with Crippen LogP contribution in [0.2, 0.25) is 0 Å². The molecule has 86 valence electrons. The Bertz CT molecular complexity index is 304. The minimum Gasteiger partial charge on any atom is -0.311 e. The lowest BCUT2D eigenvalue weighted by Gasteiger charge is -2.29. The molecule has 0 amide bonds. The SMILES string of the molecule is CC(C)C(C)(C)CNCc1cc(Br)cs1. The third-order valence-corrected chi connectivity index (χ3v) is 4.76. The van der Waals surface area contributed by atoms with Gasteiger partial charge in [0, 0.05) is 27.8 Å². The minimum atomic E-state index is 0.370. The van der Waals surface area contributed by atoms with Gasteiger partial charge < -0.3 is 5.32 Å². The zero-order chi connectivity index (χ0) is 11.5. The maximum Gasteiger partial charge on any atom is 0.0300 e. The van der Waals surface area contributed by atoms with Crippen LogP contribution in [0.1, 0.15) is 32.6 Å². The van der Waals surface area contributed by atoms with Crippen molar-refractivity contribution in [2.24, 2.45) is 11.3 Å². The molecule has 0 aromatic carbocycles. The standard InChI is InChI=1S/C12H20BrNS/c1-9(2)12(3,4)8-14-6-11-5-10(13)7-15-11/h5,7,9,14H,6,8H2,1-4H3. The van der Waals surface area contributed by atoms with Crippen LogP contribution in [-0.4, -0.2) is 6.54 Å². The van der Waals surface area contributed by atoms with Crippen molar-refractivity contribution in [2.75, 3.05) is 6.54 Å². The van der Waals surface area contributed by atoms with E-state index in [1.54, 1.807) is 11.3 Å². The largest absolute Gasteiger partial charge is 0.311 e. The quantitative estimate of drug-likeness (QED) is 0.853. The van der Waals surface area contributed by atoms with Crippen molar-refractivity contribution in [3.8, 4) is 0 Å². The molecule has 1 N–H and O–H groups in total. The highest BCUT2D eigenvalue weighted by molar-refractivity contribution is 9.10. The summed E-state index contributed by atoms with van der Waals surface area (Å²) in [6, 6.07) is 2.18. The van der Waals surface area contributed by atoms with E-state index >= 15 is 0 Å². The molecule has 1 heterocycles. The maximum atomic E-state index is 3.53. The van der Waals surface area contributed by atoms with Gasteiger partial charge in [0.2, 0.25) is 0 Å². The smallest absolute Gasteiger partial charge is 0.0300 e. The normalized spacial score (nSPS) is 12.4. The Hall–Kier alpha value is 0.140. The fourth-order valence-electron chi connectivity index (χ4n) is 1.16. The number of rotatable bonds is 5. The Balaban J connectivity index is 2.33. The van der Waals surface area contributed by atoms with Crippen molar-refractivity contribution in [1.82, 2.24) is 5.32 Å². The Kier molecular flexibility index (Phi) is 4.81. The molecule has 0 bridgehead atoms. The van der Waals surface area contributed by atoms with Gasteiger partial charge in [0.15, 0.2) is 0 Å². The summed E-state index contributed by atoms with van der Waals surface area (Å²) in [6.07, 6.45) is 0. The third kappa shape index (κ3) is 4.25. The van der Waals surface area contributed by atoms with Gasteiger partial charge in [0.1, 0.15) is 0 Å². The van der Waals surface area contributed by atoms with E-state index in [1.165, 1.54) is 9.35 Å². The molecule has 0 aliphatic rings. The second-order valence-corrected chi connectivity index (χ2v) is 6.89. The monoisotopic (exact) mass is 289 g/mol. The molecule has 0 saturated carbocycles. The van der Waals surface area contributed by atoms with Crippen LogP contribution in [0.25, 0.3) is 0 Å². The molecule has 1 aromatic heterocycles. The van der Waals surface area contributed by atoms with Gasteiger partial charge in [-0.1, -0.05) is 27.7 Å². The van der Waals surface area contributed by atoms with Crippen LogP contribution in [0.3, 0.4) is 0 Å². The van der Waals surface area contributed by atoms with Crippen LogP contribution in [0.5, 0.6) is 0 Å². The van der Waals surface area contributed by atoms with Gasteiger partial charge in [-0.15, -0.1) is 11.3 Å². The predicted molar refractivity (Wildman–Crippen MR) is 72.3 cm³/mol. The summed E-state index contributed by atoms with van der Waals surface area (Å²) in [5.74, 6) is 0.708. The van der Waals surface area contributed by atoms with Crippen LogP contribution < -0.4 is 5.32 Å². The summed E-state index contributed by atoms with van der Waals surface area (Å²) >= 11 is 5.27. The van der Waals surface area contributed by atoms with Crippen molar-refractivity contribution in [3.05, 3.63) is 20.8 Å². The van der Waals surface area contributed by atoms with Gasteiger partial charge in [-0.3, -0.25) is 0 Å². The van der Waals surface area contributed by atoms with Gasteiger partial charge in [0.05, 0.1) is 0 Å². The van der Waals surface area contributed by atoms with Crippen LogP contribution in [0, 0.1) is 11.3 Å². The first-order valence-electron chi connectivity index (χ1n) is 5.35. The second kappa shape index (κ2) is 5.46. The molecule has 0 fully saturated rings. The molecule has 0 aliphatic carbocycles. The molecule has 0 radical (unpaired) electrons. The predicted octanol–water partition coefficient (Wildman–Crippen LogP) is 4.28. The van der Waals surface area contributed by atoms with Crippen molar-refractivity contribution in [2.45, 2.75) is 34.2 Å². The van der Waals surface area contributed by atoms with Crippen molar-refractivity contribution in [1.29, 1.82) is 0 Å². The zero-order valence-electron chi connectivity index (χ0n) is 9.93. The van der Waals surface area contributed by atoms with Gasteiger partial charge >= 0.3 is 0 Å². The highest BCUT2D eigenvalue weighted by Crippen LogP contribution is 2.25. The summed E-state index contributed by atoms with van der Waals surface area (Å²) in [7, 11) is 0. The Labute approximate surface area is 105 Å². The Morgan fingerprint density at radius 2 is 2.13 bits per heavy atom. The molecular weight excluding hydrogens is 270 g/mol. The maximum absolute atomic E-state index is 3.53. The highest BCUT2D eigenvalue weighted by Gasteiger charge is 2.21. The van der Waals surface area contributed by atoms with E-state index in [1.807, 2.05) is 0 Å². The molecule has 0 atom stereocenters. The number of nitrogens with one attached hydrogen (secondary N) is 1. The number of hydrogen-bond acceptors (Lipinski definition) is 2. The zero-order valence-corrected chi connectivity index (χ0v) is 12.3. The number of hydrogen-bond donors (Lipinski definition) is 1. The highest BCUT2D eigenvalue weighted by atomic mass is 79.9. The average molecular weight is 290 g/mol. The first-order chi connectivity index (χ1) is 6.92. The fourth-order valence-corrected chi connectivity index (χ4v) is 2.58. The minimum absolute atomic E-state index is 0.370. The average Bonchev–Trinajstić information content (AvgIpc) is 2.51. The van der Waals surface area contributed by atoms with E-state index in [0.717, 1.165) is 13.1 Å². The van der Waals surface area contributed by atoms with Crippen LogP contribution >= 0.6 is 27.3 Å². The second-order valence-electron chi connectivity index (χ2n) is 4.98. The van der Waals surface area contributed by atoms with Crippen LogP contribution in [0.4, 0.5) is 0 Å². The van der Waals surface area contributed by atoms with E-state index in [9.17, 15) is 0 Å². The molecule has 0 saturated heterocycles. The molecular formula is C12H20BrNS. The first-order valence-corrected chi connectivity index (χ1v) is 7.03. The molecule has 3 heteroatoms. The lowest BCUT2D eigenvalue weighted by molar-refractivity contribution is 0.238. The summed E-state index contributed by atoms with van der Waals surface area (Å²) in [6.45, 7) is 11.2. The van der Waals surface area contributed by atoms with E-state index in [0.29, 0.717) is 11.3 Å². The molecule has 0 spiro atoms. The van der Waals surface area contributed by atoms with Crippen molar-refractivity contribution >= 4 is 27.3 Å². The van der Waals surface area contributed by atoms with E-state index < -0.39 is 0 Å². The Morgan fingerprint density at radius 3 is 2.60 bits per heavy atom. The summed E-state index contributed by atoms with van der Waals surface area (Å²) in [5.41, 5.74) is 0.370. The molecule has 0 aliphatic heterocycles. The summed E-state index contributed by atoms with van der Waals surface area (Å²) in [5, 5.41) is 5.66. The lowest BCUT2D eigenvalue weighted by atomic mass is 9.81. The Morgan fingerprint density at radius 1 is 1.47 bits per heavy atom. The molecule has 0 unspecified atom stereocenters. The first kappa shape index (κ1) is 13.2.